The summed E-state index contributed by atoms with van der Waals surface area (Å²) < 4.78 is 11.9. The van der Waals surface area contributed by atoms with E-state index in [9.17, 15) is 0 Å². The molecule has 1 aromatic rings. The quantitative estimate of drug-likeness (QED) is 0.707. The van der Waals surface area contributed by atoms with Gasteiger partial charge in [-0.05, 0) is 24.7 Å². The Hall–Kier alpha value is -1.02. The molecule has 0 bridgehead atoms. The van der Waals surface area contributed by atoms with Crippen LogP contribution in [0, 0.1) is 0 Å². The van der Waals surface area contributed by atoms with Crippen LogP contribution in [0.25, 0.3) is 0 Å². The zero-order valence-corrected chi connectivity index (χ0v) is 6.63. The number of methoxy groups -OCH3 is 1. The van der Waals surface area contributed by atoms with Gasteiger partial charge in [-0.3, -0.25) is 0 Å². The molecule has 0 unspecified atom stereocenters. The van der Waals surface area contributed by atoms with Gasteiger partial charge in [-0.25, -0.2) is 0 Å². The molecule has 0 saturated carbocycles. The Morgan fingerprint density at radius 3 is 2.73 bits per heavy atom. The van der Waals surface area contributed by atoms with Crippen molar-refractivity contribution in [3.05, 3.63) is 29.8 Å². The number of ether oxygens (including phenoxy) is 1. The SMILES string of the molecule is [2H]CNCc1ccc(OC)cc1. The first-order valence-electron chi connectivity index (χ1n) is 4.20. The largest absolute Gasteiger partial charge is 0.497 e. The Labute approximate surface area is 68.6 Å². The van der Waals surface area contributed by atoms with Crippen molar-refractivity contribution in [2.45, 2.75) is 6.54 Å². The smallest absolute Gasteiger partial charge is 0.118 e. The Kier molecular flexibility index (Phi) is 2.42. The van der Waals surface area contributed by atoms with Crippen LogP contribution in [0.3, 0.4) is 0 Å². The fourth-order valence-corrected chi connectivity index (χ4v) is 0.888. The lowest BCUT2D eigenvalue weighted by atomic mass is 10.2. The second-order valence-corrected chi connectivity index (χ2v) is 2.27. The van der Waals surface area contributed by atoms with Gasteiger partial charge in [0, 0.05) is 7.92 Å². The first-order chi connectivity index (χ1) is 5.86. The van der Waals surface area contributed by atoms with E-state index in [2.05, 4.69) is 5.32 Å². The summed E-state index contributed by atoms with van der Waals surface area (Å²) in [6, 6.07) is 7.81. The first-order valence-corrected chi connectivity index (χ1v) is 3.49. The van der Waals surface area contributed by atoms with Crippen molar-refractivity contribution < 1.29 is 6.11 Å². The van der Waals surface area contributed by atoms with Gasteiger partial charge >= 0.3 is 0 Å². The maximum Gasteiger partial charge on any atom is 0.118 e. The van der Waals surface area contributed by atoms with Crippen molar-refractivity contribution >= 4 is 0 Å². The van der Waals surface area contributed by atoms with Crippen LogP contribution in [-0.4, -0.2) is 14.1 Å². The van der Waals surface area contributed by atoms with E-state index in [-0.39, 0.29) is 7.02 Å². The molecule has 11 heavy (non-hydrogen) atoms. The third-order valence-corrected chi connectivity index (χ3v) is 1.49. The zero-order valence-electron chi connectivity index (χ0n) is 7.63. The van der Waals surface area contributed by atoms with Crippen LogP contribution >= 0.6 is 0 Å². The molecule has 0 spiro atoms. The van der Waals surface area contributed by atoms with Gasteiger partial charge in [-0.1, -0.05) is 12.1 Å². The maximum absolute atomic E-state index is 6.89. The Morgan fingerprint density at radius 1 is 1.45 bits per heavy atom. The lowest BCUT2D eigenvalue weighted by Gasteiger charge is -2.01. The summed E-state index contributed by atoms with van der Waals surface area (Å²) in [7, 11) is 1.91. The lowest BCUT2D eigenvalue weighted by molar-refractivity contribution is 0.414. The standard InChI is InChI=1S/C9H13NO/c1-10-7-8-3-5-9(11-2)6-4-8/h3-6,10H,7H2,1-2H3/i1D. The molecule has 1 rings (SSSR count). The van der Waals surface area contributed by atoms with Gasteiger partial charge in [0.2, 0.25) is 0 Å². The molecule has 0 aliphatic rings. The minimum Gasteiger partial charge on any atom is -0.497 e. The van der Waals surface area contributed by atoms with Crippen molar-refractivity contribution in [2.75, 3.05) is 14.1 Å². The molecule has 0 amide bonds. The van der Waals surface area contributed by atoms with E-state index in [1.54, 1.807) is 7.11 Å². The summed E-state index contributed by atoms with van der Waals surface area (Å²) in [5, 5.41) is 2.93. The van der Waals surface area contributed by atoms with E-state index in [1.165, 1.54) is 5.56 Å². The van der Waals surface area contributed by atoms with Crippen LogP contribution in [0.2, 0.25) is 0 Å². The highest BCUT2D eigenvalue weighted by atomic mass is 16.5. The van der Waals surface area contributed by atoms with E-state index >= 15 is 0 Å². The van der Waals surface area contributed by atoms with Crippen molar-refractivity contribution in [3.8, 4) is 5.75 Å². The summed E-state index contributed by atoms with van der Waals surface area (Å²) in [5.74, 6) is 0.865. The Balaban J connectivity index is 2.53. The van der Waals surface area contributed by atoms with Crippen LogP contribution in [0.5, 0.6) is 5.75 Å². The van der Waals surface area contributed by atoms with E-state index in [0.29, 0.717) is 0 Å². The van der Waals surface area contributed by atoms with Crippen LogP contribution in [0.1, 0.15) is 6.93 Å². The molecule has 0 radical (unpaired) electrons. The van der Waals surface area contributed by atoms with Gasteiger partial charge in [0.25, 0.3) is 0 Å². The third kappa shape index (κ3) is 2.24. The molecule has 2 heteroatoms. The lowest BCUT2D eigenvalue weighted by Crippen LogP contribution is -2.04. The van der Waals surface area contributed by atoms with Crippen LogP contribution in [0.4, 0.5) is 0 Å². The molecule has 0 atom stereocenters. The van der Waals surface area contributed by atoms with Gasteiger partial charge in [0.1, 0.15) is 5.75 Å². The van der Waals surface area contributed by atoms with Gasteiger partial charge in [0.15, 0.2) is 0 Å². The fraction of sp³-hybridized carbons (Fsp3) is 0.333. The highest BCUT2D eigenvalue weighted by Crippen LogP contribution is 2.10. The molecule has 1 N–H and O–H groups in total. The number of rotatable bonds is 3. The predicted octanol–water partition coefficient (Wildman–Crippen LogP) is 1.41. The number of hydrogen-bond donors (Lipinski definition) is 1. The molecule has 0 aliphatic carbocycles. The maximum atomic E-state index is 6.89. The van der Waals surface area contributed by atoms with Gasteiger partial charge in [0.05, 0.1) is 7.11 Å². The van der Waals surface area contributed by atoms with E-state index in [1.807, 2.05) is 24.3 Å². The molecule has 1 aromatic carbocycles. The van der Waals surface area contributed by atoms with Crippen molar-refractivity contribution in [2.24, 2.45) is 0 Å². The van der Waals surface area contributed by atoms with Crippen LogP contribution < -0.4 is 10.1 Å². The molecule has 0 heterocycles. The summed E-state index contributed by atoms with van der Waals surface area (Å²) >= 11 is 0. The average Bonchev–Trinajstić information content (AvgIpc) is 2.15. The van der Waals surface area contributed by atoms with E-state index in [0.717, 1.165) is 12.3 Å². The Morgan fingerprint density at radius 2 is 2.18 bits per heavy atom. The molecular formula is C9H13NO. The summed E-state index contributed by atoms with van der Waals surface area (Å²) in [5.41, 5.74) is 1.17. The summed E-state index contributed by atoms with van der Waals surface area (Å²) in [6.45, 7) is 0.744. The monoisotopic (exact) mass is 152 g/mol. The van der Waals surface area contributed by atoms with E-state index in [4.69, 9.17) is 6.11 Å². The summed E-state index contributed by atoms with van der Waals surface area (Å²) in [4.78, 5) is 0. The number of nitrogens with one attached hydrogen (secondary N) is 1. The van der Waals surface area contributed by atoms with Crippen molar-refractivity contribution in [1.82, 2.24) is 5.32 Å². The van der Waals surface area contributed by atoms with Crippen LogP contribution in [-0.2, 0) is 6.54 Å². The minimum atomic E-state index is 0.256. The number of hydrogen-bond acceptors (Lipinski definition) is 2. The van der Waals surface area contributed by atoms with Gasteiger partial charge in [-0.2, -0.15) is 0 Å². The van der Waals surface area contributed by atoms with Gasteiger partial charge < -0.3 is 10.1 Å². The highest BCUT2D eigenvalue weighted by Gasteiger charge is 1.90. The molecule has 0 saturated heterocycles. The zero-order chi connectivity index (χ0) is 8.81. The van der Waals surface area contributed by atoms with Crippen LogP contribution in [0.15, 0.2) is 24.3 Å². The highest BCUT2D eigenvalue weighted by molar-refractivity contribution is 5.26. The average molecular weight is 152 g/mol. The molecular weight excluding hydrogens is 138 g/mol. The molecule has 2 nitrogen and oxygen atoms in total. The summed E-state index contributed by atoms with van der Waals surface area (Å²) in [6.07, 6.45) is 0. The molecule has 0 aliphatic heterocycles. The molecule has 0 fully saturated rings. The normalized spacial score (nSPS) is 10.8. The predicted molar refractivity (Wildman–Crippen MR) is 45.8 cm³/mol. The topological polar surface area (TPSA) is 21.3 Å². The number of benzene rings is 1. The van der Waals surface area contributed by atoms with Crippen molar-refractivity contribution in [3.63, 3.8) is 0 Å². The molecule has 60 valence electrons. The van der Waals surface area contributed by atoms with Gasteiger partial charge in [-0.15, -0.1) is 0 Å². The van der Waals surface area contributed by atoms with Crippen molar-refractivity contribution in [1.29, 1.82) is 0 Å². The first kappa shape index (κ1) is 6.68. The van der Waals surface area contributed by atoms with E-state index < -0.39 is 0 Å². The minimum absolute atomic E-state index is 0.256. The Bertz CT molecular complexity index is 222. The third-order valence-electron chi connectivity index (χ3n) is 1.49. The second kappa shape index (κ2) is 3.98. The second-order valence-electron chi connectivity index (χ2n) is 2.27. The molecule has 0 aromatic heterocycles. The fourth-order valence-electron chi connectivity index (χ4n) is 0.888.